The Labute approximate surface area is 93.3 Å². The van der Waals surface area contributed by atoms with Gasteiger partial charge in [0.2, 0.25) is 0 Å². The fourth-order valence-corrected chi connectivity index (χ4v) is 3.03. The summed E-state index contributed by atoms with van der Waals surface area (Å²) in [7, 11) is 0. The highest BCUT2D eigenvalue weighted by Crippen LogP contribution is 2.35. The van der Waals surface area contributed by atoms with Crippen molar-refractivity contribution in [3.63, 3.8) is 0 Å². The Bertz CT molecular complexity index is 276. The fourth-order valence-electron chi connectivity index (χ4n) is 2.14. The molecule has 14 heavy (non-hydrogen) atoms. The molecule has 2 rings (SSSR count). The van der Waals surface area contributed by atoms with E-state index in [0.717, 1.165) is 0 Å². The lowest BCUT2D eigenvalue weighted by atomic mass is 9.94. The molecule has 1 saturated carbocycles. The van der Waals surface area contributed by atoms with Crippen LogP contribution in [0.4, 0.5) is 0 Å². The van der Waals surface area contributed by atoms with Gasteiger partial charge in [-0.05, 0) is 24.3 Å². The highest BCUT2D eigenvalue weighted by molar-refractivity contribution is 9.09. The highest BCUT2D eigenvalue weighted by atomic mass is 79.9. The van der Waals surface area contributed by atoms with E-state index in [2.05, 4.69) is 25.9 Å². The van der Waals surface area contributed by atoms with Crippen molar-refractivity contribution >= 4 is 15.9 Å². The van der Waals surface area contributed by atoms with Gasteiger partial charge in [-0.1, -0.05) is 35.2 Å². The van der Waals surface area contributed by atoms with E-state index < -0.39 is 0 Å². The van der Waals surface area contributed by atoms with Crippen LogP contribution in [-0.2, 0) is 0 Å². The molecule has 0 aliphatic heterocycles. The van der Waals surface area contributed by atoms with Crippen LogP contribution in [0.15, 0.2) is 18.7 Å². The molecule has 1 aliphatic carbocycles. The molecule has 76 valence electrons. The Balaban J connectivity index is 2.15. The van der Waals surface area contributed by atoms with Crippen molar-refractivity contribution < 1.29 is 0 Å². The Morgan fingerprint density at radius 1 is 1.07 bits per heavy atom. The van der Waals surface area contributed by atoms with Gasteiger partial charge in [0.05, 0.1) is 0 Å². The van der Waals surface area contributed by atoms with Gasteiger partial charge >= 0.3 is 0 Å². The zero-order chi connectivity index (χ0) is 9.80. The van der Waals surface area contributed by atoms with Gasteiger partial charge in [-0.3, -0.25) is 0 Å². The Kier molecular flexibility index (Phi) is 3.51. The van der Waals surface area contributed by atoms with Crippen molar-refractivity contribution in [1.29, 1.82) is 0 Å². The maximum Gasteiger partial charge on any atom is 0.115 e. The average Bonchev–Trinajstić information content (AvgIpc) is 2.44. The molecule has 3 heteroatoms. The van der Waals surface area contributed by atoms with Crippen LogP contribution in [0.3, 0.4) is 0 Å². The van der Waals surface area contributed by atoms with Gasteiger partial charge in [0.1, 0.15) is 6.33 Å². The van der Waals surface area contributed by atoms with E-state index >= 15 is 0 Å². The van der Waals surface area contributed by atoms with Gasteiger partial charge < -0.3 is 0 Å². The van der Waals surface area contributed by atoms with Crippen LogP contribution in [0.5, 0.6) is 0 Å². The van der Waals surface area contributed by atoms with Crippen LogP contribution in [0.1, 0.15) is 43.6 Å². The van der Waals surface area contributed by atoms with E-state index in [9.17, 15) is 0 Å². The molecule has 0 saturated heterocycles. The van der Waals surface area contributed by atoms with Crippen molar-refractivity contribution in [1.82, 2.24) is 9.97 Å². The maximum absolute atomic E-state index is 4.09. The standard InChI is InChI=1S/C11H15BrN2/c12-11-5-3-1-2-4-10(11)9-6-13-8-14-7-9/h6-8,10-11H,1-5H2. The second-order valence-corrected chi connectivity index (χ2v) is 5.11. The molecule has 1 aromatic rings. The molecule has 0 radical (unpaired) electrons. The van der Waals surface area contributed by atoms with E-state index in [1.165, 1.54) is 37.7 Å². The molecule has 1 heterocycles. The minimum Gasteiger partial charge on any atom is -0.245 e. The first kappa shape index (κ1) is 10.1. The van der Waals surface area contributed by atoms with Crippen molar-refractivity contribution in [2.45, 2.75) is 42.8 Å². The minimum absolute atomic E-state index is 0.607. The van der Waals surface area contributed by atoms with E-state index in [4.69, 9.17) is 0 Å². The molecular formula is C11H15BrN2. The third-order valence-electron chi connectivity index (χ3n) is 2.94. The van der Waals surface area contributed by atoms with E-state index in [-0.39, 0.29) is 0 Å². The summed E-state index contributed by atoms with van der Waals surface area (Å²) in [6.07, 6.45) is 12.1. The SMILES string of the molecule is BrC1CCCCCC1c1cncnc1. The van der Waals surface area contributed by atoms with Gasteiger partial charge in [0.25, 0.3) is 0 Å². The van der Waals surface area contributed by atoms with E-state index in [0.29, 0.717) is 10.7 Å². The second-order valence-electron chi connectivity index (χ2n) is 3.93. The van der Waals surface area contributed by atoms with Gasteiger partial charge in [0, 0.05) is 17.2 Å². The van der Waals surface area contributed by atoms with Crippen molar-refractivity contribution in [2.75, 3.05) is 0 Å². The summed E-state index contributed by atoms with van der Waals surface area (Å²) in [5, 5.41) is 0. The third kappa shape index (κ3) is 2.32. The number of hydrogen-bond donors (Lipinski definition) is 0. The average molecular weight is 255 g/mol. The molecule has 0 spiro atoms. The van der Waals surface area contributed by atoms with Gasteiger partial charge in [-0.2, -0.15) is 0 Å². The summed E-state index contributed by atoms with van der Waals surface area (Å²) in [5.74, 6) is 0.610. The predicted molar refractivity (Wildman–Crippen MR) is 60.6 cm³/mol. The lowest BCUT2D eigenvalue weighted by Gasteiger charge is -2.19. The Hall–Kier alpha value is -0.440. The quantitative estimate of drug-likeness (QED) is 0.568. The van der Waals surface area contributed by atoms with E-state index in [1.807, 2.05) is 12.4 Å². The van der Waals surface area contributed by atoms with Crippen LogP contribution in [0.25, 0.3) is 0 Å². The Morgan fingerprint density at radius 3 is 2.57 bits per heavy atom. The summed E-state index contributed by atoms with van der Waals surface area (Å²) in [4.78, 5) is 8.79. The number of aromatic nitrogens is 2. The molecule has 0 aromatic carbocycles. The molecule has 1 fully saturated rings. The van der Waals surface area contributed by atoms with Crippen molar-refractivity contribution in [2.24, 2.45) is 0 Å². The fraction of sp³-hybridized carbons (Fsp3) is 0.636. The lowest BCUT2D eigenvalue weighted by molar-refractivity contribution is 0.608. The number of alkyl halides is 1. The summed E-state index contributed by atoms with van der Waals surface area (Å²) in [6, 6.07) is 0. The molecule has 2 nitrogen and oxygen atoms in total. The molecule has 1 aromatic heterocycles. The maximum atomic E-state index is 4.09. The normalized spacial score (nSPS) is 28.4. The molecular weight excluding hydrogens is 240 g/mol. The van der Waals surface area contributed by atoms with Crippen LogP contribution in [0.2, 0.25) is 0 Å². The summed E-state index contributed by atoms with van der Waals surface area (Å²) in [6.45, 7) is 0. The first-order valence-corrected chi connectivity index (χ1v) is 6.18. The van der Waals surface area contributed by atoms with Crippen molar-refractivity contribution in [3.8, 4) is 0 Å². The number of halogens is 1. The molecule has 0 bridgehead atoms. The van der Waals surface area contributed by atoms with Gasteiger partial charge in [-0.15, -0.1) is 0 Å². The zero-order valence-electron chi connectivity index (χ0n) is 8.19. The monoisotopic (exact) mass is 254 g/mol. The second kappa shape index (κ2) is 4.87. The first-order chi connectivity index (χ1) is 6.88. The summed E-state index contributed by atoms with van der Waals surface area (Å²) >= 11 is 3.79. The first-order valence-electron chi connectivity index (χ1n) is 5.27. The Morgan fingerprint density at radius 2 is 1.79 bits per heavy atom. The smallest absolute Gasteiger partial charge is 0.115 e. The van der Waals surface area contributed by atoms with Crippen molar-refractivity contribution in [3.05, 3.63) is 24.3 Å². The summed E-state index contributed by atoms with van der Waals surface area (Å²) in [5.41, 5.74) is 1.29. The van der Waals surface area contributed by atoms with Crippen LogP contribution >= 0.6 is 15.9 Å². The predicted octanol–water partition coefficient (Wildman–Crippen LogP) is 3.29. The molecule has 0 N–H and O–H groups in total. The number of hydrogen-bond acceptors (Lipinski definition) is 2. The summed E-state index contributed by atoms with van der Waals surface area (Å²) < 4.78 is 0. The lowest BCUT2D eigenvalue weighted by Crippen LogP contribution is -2.11. The topological polar surface area (TPSA) is 25.8 Å². The number of nitrogens with zero attached hydrogens (tertiary/aromatic N) is 2. The van der Waals surface area contributed by atoms with Gasteiger partial charge in [-0.25, -0.2) is 9.97 Å². The molecule has 1 aliphatic rings. The molecule has 2 unspecified atom stereocenters. The zero-order valence-corrected chi connectivity index (χ0v) is 9.78. The minimum atomic E-state index is 0.607. The van der Waals surface area contributed by atoms with Crippen LogP contribution in [0, 0.1) is 0 Å². The van der Waals surface area contributed by atoms with Crippen LogP contribution < -0.4 is 0 Å². The molecule has 0 amide bonds. The largest absolute Gasteiger partial charge is 0.245 e. The van der Waals surface area contributed by atoms with E-state index in [1.54, 1.807) is 6.33 Å². The van der Waals surface area contributed by atoms with Crippen LogP contribution in [-0.4, -0.2) is 14.8 Å². The van der Waals surface area contributed by atoms with Gasteiger partial charge in [0.15, 0.2) is 0 Å². The molecule has 2 atom stereocenters. The highest BCUT2D eigenvalue weighted by Gasteiger charge is 2.22. The third-order valence-corrected chi connectivity index (χ3v) is 4.04. The number of rotatable bonds is 1.